The highest BCUT2D eigenvalue weighted by atomic mass is 32.2. The average molecular weight is 231 g/mol. The number of nitrogens with zero attached hydrogens (tertiary/aromatic N) is 2. The Balaban J connectivity index is 2.31. The molecule has 0 atom stereocenters. The average Bonchev–Trinajstić information content (AvgIpc) is 2.61. The van der Waals surface area contributed by atoms with Gasteiger partial charge in [0.25, 0.3) is 0 Å². The first-order valence-corrected chi connectivity index (χ1v) is 6.04. The smallest absolute Gasteiger partial charge is 0.242 e. The van der Waals surface area contributed by atoms with Gasteiger partial charge >= 0.3 is 0 Å². The Labute approximate surface area is 94.2 Å². The van der Waals surface area contributed by atoms with E-state index in [2.05, 4.69) is 5.32 Å². The summed E-state index contributed by atoms with van der Waals surface area (Å²) in [7, 11) is 3.60. The molecule has 0 unspecified atom stereocenters. The second-order valence-electron chi connectivity index (χ2n) is 3.49. The molecule has 0 aromatic carbocycles. The molecule has 5 nitrogen and oxygen atoms in total. The molecule has 0 radical (unpaired) electrons. The van der Waals surface area contributed by atoms with Crippen molar-refractivity contribution in [1.82, 2.24) is 15.1 Å². The highest BCUT2D eigenvalue weighted by molar-refractivity contribution is 8.00. The molecule has 0 aromatic heterocycles. The van der Waals surface area contributed by atoms with E-state index in [0.29, 0.717) is 18.2 Å². The molecule has 1 fully saturated rings. The van der Waals surface area contributed by atoms with Crippen molar-refractivity contribution in [3.63, 3.8) is 0 Å². The van der Waals surface area contributed by atoms with E-state index in [9.17, 15) is 9.59 Å². The molecule has 0 bridgehead atoms. The first-order chi connectivity index (χ1) is 7.15. The van der Waals surface area contributed by atoms with Crippen molar-refractivity contribution < 1.29 is 9.59 Å². The van der Waals surface area contributed by atoms with Crippen LogP contribution in [0.1, 0.15) is 0 Å². The summed E-state index contributed by atoms with van der Waals surface area (Å²) in [5, 5.41) is 2.98. The Morgan fingerprint density at radius 2 is 2.40 bits per heavy atom. The zero-order chi connectivity index (χ0) is 11.3. The molecule has 1 aliphatic heterocycles. The monoisotopic (exact) mass is 231 g/mol. The summed E-state index contributed by atoms with van der Waals surface area (Å²) < 4.78 is 0. The lowest BCUT2D eigenvalue weighted by atomic mass is 10.4. The molecule has 0 aromatic rings. The number of nitrogens with one attached hydrogen (secondary N) is 1. The summed E-state index contributed by atoms with van der Waals surface area (Å²) in [4.78, 5) is 26.2. The molecule has 0 aliphatic carbocycles. The van der Waals surface area contributed by atoms with Crippen LogP contribution in [0.3, 0.4) is 0 Å². The van der Waals surface area contributed by atoms with Crippen LogP contribution in [0, 0.1) is 0 Å². The van der Waals surface area contributed by atoms with Crippen LogP contribution in [-0.2, 0) is 9.59 Å². The van der Waals surface area contributed by atoms with Gasteiger partial charge in [0.2, 0.25) is 11.8 Å². The van der Waals surface area contributed by atoms with E-state index in [0.717, 1.165) is 6.54 Å². The number of thioether (sulfide) groups is 1. The van der Waals surface area contributed by atoms with Crippen LogP contribution in [0.4, 0.5) is 0 Å². The van der Waals surface area contributed by atoms with Crippen LogP contribution in [0.25, 0.3) is 0 Å². The Bertz CT molecular complexity index is 248. The van der Waals surface area contributed by atoms with Crippen molar-refractivity contribution in [2.75, 3.05) is 45.4 Å². The fourth-order valence-electron chi connectivity index (χ4n) is 1.23. The first-order valence-electron chi connectivity index (χ1n) is 4.89. The molecule has 2 amide bonds. The van der Waals surface area contributed by atoms with E-state index in [-0.39, 0.29) is 18.4 Å². The van der Waals surface area contributed by atoms with E-state index < -0.39 is 0 Å². The molecule has 1 heterocycles. The summed E-state index contributed by atoms with van der Waals surface area (Å²) in [6.45, 7) is 1.65. The highest BCUT2D eigenvalue weighted by Gasteiger charge is 2.23. The molecule has 0 spiro atoms. The van der Waals surface area contributed by atoms with Gasteiger partial charge in [0.05, 0.1) is 11.6 Å². The predicted molar refractivity (Wildman–Crippen MR) is 60.6 cm³/mol. The molecule has 0 saturated carbocycles. The second-order valence-corrected chi connectivity index (χ2v) is 4.44. The maximum absolute atomic E-state index is 11.6. The normalized spacial score (nSPS) is 15.9. The fourth-order valence-corrected chi connectivity index (χ4v) is 2.13. The van der Waals surface area contributed by atoms with E-state index >= 15 is 0 Å². The zero-order valence-corrected chi connectivity index (χ0v) is 9.97. The Morgan fingerprint density at radius 3 is 2.93 bits per heavy atom. The van der Waals surface area contributed by atoms with E-state index in [1.54, 1.807) is 28.6 Å². The van der Waals surface area contributed by atoms with Gasteiger partial charge in [-0.05, 0) is 7.05 Å². The van der Waals surface area contributed by atoms with Crippen molar-refractivity contribution in [3.8, 4) is 0 Å². The van der Waals surface area contributed by atoms with Crippen molar-refractivity contribution in [2.45, 2.75) is 0 Å². The van der Waals surface area contributed by atoms with Crippen LogP contribution in [0.5, 0.6) is 0 Å². The van der Waals surface area contributed by atoms with Crippen molar-refractivity contribution >= 4 is 23.6 Å². The standard InChI is InChI=1S/C9H17N3O2S/c1-10-3-4-11(2)8(13)5-12-7-15-6-9(12)14/h10H,3-7H2,1-2H3. The lowest BCUT2D eigenvalue weighted by Gasteiger charge is -2.20. The SMILES string of the molecule is CNCCN(C)C(=O)CN1CSCC1=O. The number of carbonyl (C=O) groups is 2. The largest absolute Gasteiger partial charge is 0.343 e. The van der Waals surface area contributed by atoms with E-state index in [4.69, 9.17) is 0 Å². The predicted octanol–water partition coefficient (Wildman–Crippen LogP) is -0.803. The number of carbonyl (C=O) groups excluding carboxylic acids is 2. The molecular formula is C9H17N3O2S. The van der Waals surface area contributed by atoms with Gasteiger partial charge in [-0.2, -0.15) is 0 Å². The summed E-state index contributed by atoms with van der Waals surface area (Å²) in [5.41, 5.74) is 0. The number of amides is 2. The molecule has 1 N–H and O–H groups in total. The van der Waals surface area contributed by atoms with Crippen LogP contribution in [-0.4, -0.2) is 67.0 Å². The van der Waals surface area contributed by atoms with Gasteiger partial charge < -0.3 is 15.1 Å². The van der Waals surface area contributed by atoms with Gasteiger partial charge in [-0.1, -0.05) is 0 Å². The molecule has 15 heavy (non-hydrogen) atoms. The molecule has 1 aliphatic rings. The zero-order valence-electron chi connectivity index (χ0n) is 9.15. The lowest BCUT2D eigenvalue weighted by molar-refractivity contribution is -0.137. The third kappa shape index (κ3) is 3.71. The molecule has 6 heteroatoms. The fraction of sp³-hybridized carbons (Fsp3) is 0.778. The van der Waals surface area contributed by atoms with Crippen LogP contribution in [0.2, 0.25) is 0 Å². The number of likely N-dealkylation sites (N-methyl/N-ethyl adjacent to an activating group) is 2. The third-order valence-electron chi connectivity index (χ3n) is 2.27. The minimum atomic E-state index is 0.00102. The van der Waals surface area contributed by atoms with Gasteiger partial charge in [-0.3, -0.25) is 9.59 Å². The van der Waals surface area contributed by atoms with E-state index in [1.165, 1.54) is 0 Å². The second kappa shape index (κ2) is 5.97. The number of hydrogen-bond acceptors (Lipinski definition) is 4. The summed E-state index contributed by atoms with van der Waals surface area (Å²) in [6, 6.07) is 0. The molecule has 1 rings (SSSR count). The van der Waals surface area contributed by atoms with Crippen LogP contribution in [0.15, 0.2) is 0 Å². The van der Waals surface area contributed by atoms with Gasteiger partial charge in [-0.15, -0.1) is 11.8 Å². The maximum atomic E-state index is 11.6. The first kappa shape index (κ1) is 12.3. The topological polar surface area (TPSA) is 52.7 Å². The van der Waals surface area contributed by atoms with Crippen molar-refractivity contribution in [1.29, 1.82) is 0 Å². The van der Waals surface area contributed by atoms with Gasteiger partial charge in [0, 0.05) is 20.1 Å². The minimum absolute atomic E-state index is 0.00102. The minimum Gasteiger partial charge on any atom is -0.343 e. The molecular weight excluding hydrogens is 214 g/mol. The van der Waals surface area contributed by atoms with Gasteiger partial charge in [0.1, 0.15) is 6.54 Å². The third-order valence-corrected chi connectivity index (χ3v) is 3.22. The molecule has 1 saturated heterocycles. The summed E-state index contributed by atoms with van der Waals surface area (Å²) in [5.74, 6) is 1.22. The van der Waals surface area contributed by atoms with Crippen molar-refractivity contribution in [2.24, 2.45) is 0 Å². The quantitative estimate of drug-likeness (QED) is 0.673. The van der Waals surface area contributed by atoms with E-state index in [1.807, 2.05) is 7.05 Å². The van der Waals surface area contributed by atoms with Gasteiger partial charge in [-0.25, -0.2) is 0 Å². The Morgan fingerprint density at radius 1 is 1.67 bits per heavy atom. The van der Waals surface area contributed by atoms with Crippen LogP contribution >= 0.6 is 11.8 Å². The Kier molecular flexibility index (Phi) is 4.90. The highest BCUT2D eigenvalue weighted by Crippen LogP contribution is 2.14. The molecule has 86 valence electrons. The number of rotatable bonds is 5. The van der Waals surface area contributed by atoms with Crippen LogP contribution < -0.4 is 5.32 Å². The lowest BCUT2D eigenvalue weighted by Crippen LogP contribution is -2.41. The van der Waals surface area contributed by atoms with Gasteiger partial charge in [0.15, 0.2) is 0 Å². The summed E-state index contributed by atoms with van der Waals surface area (Å²) in [6.07, 6.45) is 0. The number of hydrogen-bond donors (Lipinski definition) is 1. The Hall–Kier alpha value is -0.750. The van der Waals surface area contributed by atoms with Crippen molar-refractivity contribution in [3.05, 3.63) is 0 Å². The maximum Gasteiger partial charge on any atom is 0.242 e. The summed E-state index contributed by atoms with van der Waals surface area (Å²) >= 11 is 1.56.